The molecule has 1 aliphatic heterocycles. The maximum atomic E-state index is 13.5. The van der Waals surface area contributed by atoms with Gasteiger partial charge in [0.2, 0.25) is 5.91 Å². The van der Waals surface area contributed by atoms with Crippen LogP contribution in [-0.4, -0.2) is 39.3 Å². The van der Waals surface area contributed by atoms with Crippen LogP contribution in [0.5, 0.6) is 5.75 Å². The first-order valence-electron chi connectivity index (χ1n) is 12.2. The number of thioether (sulfide) groups is 1. The van der Waals surface area contributed by atoms with Crippen molar-refractivity contribution in [3.63, 3.8) is 0 Å². The number of ether oxygens (including phenoxy) is 1. The zero-order chi connectivity index (χ0) is 25.6. The molecular weight excluding hydrogens is 468 g/mol. The second kappa shape index (κ2) is 9.28. The molecular formula is C29H32N4O2S. The van der Waals surface area contributed by atoms with Gasteiger partial charge in [-0.15, -0.1) is 0 Å². The molecule has 0 bridgehead atoms. The van der Waals surface area contributed by atoms with Crippen molar-refractivity contribution in [3.05, 3.63) is 65.4 Å². The first-order valence-corrected chi connectivity index (χ1v) is 13.2. The highest BCUT2D eigenvalue weighted by Crippen LogP contribution is 2.45. The molecule has 0 radical (unpaired) electrons. The summed E-state index contributed by atoms with van der Waals surface area (Å²) in [4.78, 5) is 28.2. The number of carbonyl (C=O) groups excluding carboxylic acids is 1. The number of nitrogens with zero attached hydrogens (tertiary/aromatic N) is 3. The minimum atomic E-state index is -0.270. The molecule has 0 saturated carbocycles. The zero-order valence-electron chi connectivity index (χ0n) is 21.7. The molecule has 6 nitrogen and oxygen atoms in total. The van der Waals surface area contributed by atoms with Crippen LogP contribution in [-0.2, 0) is 4.79 Å². The molecule has 2 aromatic heterocycles. The highest BCUT2D eigenvalue weighted by molar-refractivity contribution is 7.99. The van der Waals surface area contributed by atoms with Gasteiger partial charge in [0.25, 0.3) is 0 Å². The van der Waals surface area contributed by atoms with Gasteiger partial charge in [-0.25, -0.2) is 9.97 Å². The van der Waals surface area contributed by atoms with Crippen LogP contribution in [0.4, 0.5) is 5.69 Å². The predicted octanol–water partition coefficient (Wildman–Crippen LogP) is 6.66. The van der Waals surface area contributed by atoms with E-state index in [1.165, 1.54) is 22.9 Å². The van der Waals surface area contributed by atoms with Crippen molar-refractivity contribution in [2.75, 3.05) is 17.8 Å². The Morgan fingerprint density at radius 1 is 1.17 bits per heavy atom. The van der Waals surface area contributed by atoms with Crippen LogP contribution in [0.25, 0.3) is 22.4 Å². The van der Waals surface area contributed by atoms with Crippen molar-refractivity contribution in [1.29, 1.82) is 0 Å². The van der Waals surface area contributed by atoms with E-state index in [9.17, 15) is 4.79 Å². The lowest BCUT2D eigenvalue weighted by atomic mass is 9.80. The summed E-state index contributed by atoms with van der Waals surface area (Å²) in [5, 5.41) is 0.813. The number of hydrogen-bond donors (Lipinski definition) is 1. The molecule has 0 spiro atoms. The molecule has 1 N–H and O–H groups in total. The smallest absolute Gasteiger partial charge is 0.237 e. The molecule has 1 amide bonds. The number of amides is 1. The molecule has 1 atom stereocenters. The standard InChI is InChI=1S/C29H32N4O2S/c1-17-11-23-24(12-18(17)2)32-28(31-23)20-7-10-26(30-15-20)36-16-27(34)33-25-9-8-21(35-6)13-22(25)19(3)14-29(33,4)5/h7-13,15,19H,14,16H2,1-6H3,(H,31,32). The van der Waals surface area contributed by atoms with Crippen molar-refractivity contribution in [2.45, 2.75) is 57.5 Å². The topological polar surface area (TPSA) is 71.1 Å². The molecule has 186 valence electrons. The quantitative estimate of drug-likeness (QED) is 0.310. The van der Waals surface area contributed by atoms with Crippen LogP contribution in [0.2, 0.25) is 0 Å². The summed E-state index contributed by atoms with van der Waals surface area (Å²) in [6.07, 6.45) is 2.71. The van der Waals surface area contributed by atoms with E-state index in [1.807, 2.05) is 35.4 Å². The summed E-state index contributed by atoms with van der Waals surface area (Å²) >= 11 is 1.46. The lowest BCUT2D eigenvalue weighted by molar-refractivity contribution is -0.117. The molecule has 3 heterocycles. The van der Waals surface area contributed by atoms with Gasteiger partial charge in [-0.3, -0.25) is 4.79 Å². The second-order valence-corrected chi connectivity index (χ2v) is 11.3. The normalized spacial score (nSPS) is 16.7. The number of rotatable bonds is 5. The van der Waals surface area contributed by atoms with E-state index in [1.54, 1.807) is 7.11 Å². The van der Waals surface area contributed by atoms with E-state index in [0.29, 0.717) is 11.7 Å². The average molecular weight is 501 g/mol. The van der Waals surface area contributed by atoms with Crippen LogP contribution in [0, 0.1) is 13.8 Å². The lowest BCUT2D eigenvalue weighted by Crippen LogP contribution is -2.52. The molecule has 2 aromatic carbocycles. The van der Waals surface area contributed by atoms with Crippen molar-refractivity contribution >= 4 is 34.4 Å². The summed E-state index contributed by atoms with van der Waals surface area (Å²) in [5.74, 6) is 2.37. The molecule has 36 heavy (non-hydrogen) atoms. The molecule has 0 aliphatic carbocycles. The molecule has 1 unspecified atom stereocenters. The number of aromatic amines is 1. The second-order valence-electron chi connectivity index (χ2n) is 10.3. The van der Waals surface area contributed by atoms with E-state index in [-0.39, 0.29) is 11.4 Å². The van der Waals surface area contributed by atoms with Gasteiger partial charge in [0, 0.05) is 23.0 Å². The monoisotopic (exact) mass is 500 g/mol. The fourth-order valence-corrected chi connectivity index (χ4v) is 5.91. The summed E-state index contributed by atoms with van der Waals surface area (Å²) in [6.45, 7) is 10.7. The molecule has 1 aliphatic rings. The van der Waals surface area contributed by atoms with Gasteiger partial charge in [-0.2, -0.15) is 0 Å². The van der Waals surface area contributed by atoms with Gasteiger partial charge in [0.15, 0.2) is 0 Å². The van der Waals surface area contributed by atoms with Gasteiger partial charge in [0.1, 0.15) is 11.6 Å². The maximum Gasteiger partial charge on any atom is 0.237 e. The molecule has 7 heteroatoms. The Balaban J connectivity index is 1.32. The van der Waals surface area contributed by atoms with Gasteiger partial charge in [0.05, 0.1) is 28.9 Å². The minimum absolute atomic E-state index is 0.0808. The van der Waals surface area contributed by atoms with Crippen molar-refractivity contribution in [3.8, 4) is 17.1 Å². The third-order valence-corrected chi connectivity index (χ3v) is 8.05. The number of carbonyl (C=O) groups is 1. The van der Waals surface area contributed by atoms with Gasteiger partial charge in [-0.05, 0) is 99.2 Å². The van der Waals surface area contributed by atoms with Gasteiger partial charge >= 0.3 is 0 Å². The highest BCUT2D eigenvalue weighted by Gasteiger charge is 2.39. The molecule has 0 saturated heterocycles. The van der Waals surface area contributed by atoms with E-state index in [0.717, 1.165) is 50.9 Å². The summed E-state index contributed by atoms with van der Waals surface area (Å²) in [6, 6.07) is 14.2. The Bertz CT molecular complexity index is 1400. The Labute approximate surface area is 216 Å². The first kappa shape index (κ1) is 24.4. The Hall–Kier alpha value is -3.32. The summed E-state index contributed by atoms with van der Waals surface area (Å²) < 4.78 is 5.43. The fourth-order valence-electron chi connectivity index (χ4n) is 5.22. The number of pyridine rings is 1. The van der Waals surface area contributed by atoms with Crippen LogP contribution < -0.4 is 9.64 Å². The highest BCUT2D eigenvalue weighted by atomic mass is 32.2. The van der Waals surface area contributed by atoms with Gasteiger partial charge in [-0.1, -0.05) is 18.7 Å². The van der Waals surface area contributed by atoms with Crippen molar-refractivity contribution in [2.24, 2.45) is 0 Å². The van der Waals surface area contributed by atoms with Crippen molar-refractivity contribution in [1.82, 2.24) is 15.0 Å². The number of hydrogen-bond acceptors (Lipinski definition) is 5. The number of aryl methyl sites for hydroxylation is 2. The van der Waals surface area contributed by atoms with E-state index < -0.39 is 0 Å². The molecule has 4 aromatic rings. The Morgan fingerprint density at radius 3 is 2.67 bits per heavy atom. The maximum absolute atomic E-state index is 13.5. The number of nitrogens with one attached hydrogen (secondary N) is 1. The fraction of sp³-hybridized carbons (Fsp3) is 0.345. The van der Waals surface area contributed by atoms with Crippen LogP contribution >= 0.6 is 11.8 Å². The SMILES string of the molecule is COc1ccc2c(c1)C(C)CC(C)(C)N2C(=O)CSc1ccc(-c2nc3cc(C)c(C)cc3[nH]2)cn1. The summed E-state index contributed by atoms with van der Waals surface area (Å²) in [7, 11) is 1.67. The number of H-pyrrole nitrogens is 1. The number of fused-ring (bicyclic) bond motifs is 2. The van der Waals surface area contributed by atoms with E-state index >= 15 is 0 Å². The molecule has 5 rings (SSSR count). The van der Waals surface area contributed by atoms with Crippen LogP contribution in [0.15, 0.2) is 53.7 Å². The number of benzene rings is 2. The average Bonchev–Trinajstić information content (AvgIpc) is 3.25. The number of methoxy groups -OCH3 is 1. The van der Waals surface area contributed by atoms with Crippen molar-refractivity contribution < 1.29 is 9.53 Å². The zero-order valence-corrected chi connectivity index (χ0v) is 22.5. The van der Waals surface area contributed by atoms with Crippen LogP contribution in [0.1, 0.15) is 49.8 Å². The third-order valence-electron chi connectivity index (χ3n) is 7.12. The first-order chi connectivity index (χ1) is 17.2. The Morgan fingerprint density at radius 2 is 1.94 bits per heavy atom. The van der Waals surface area contributed by atoms with Crippen LogP contribution in [0.3, 0.4) is 0 Å². The molecule has 0 fully saturated rings. The minimum Gasteiger partial charge on any atom is -0.497 e. The van der Waals surface area contributed by atoms with Gasteiger partial charge < -0.3 is 14.6 Å². The lowest BCUT2D eigenvalue weighted by Gasteiger charge is -2.46. The van der Waals surface area contributed by atoms with E-state index in [2.05, 4.69) is 62.8 Å². The van der Waals surface area contributed by atoms with E-state index in [4.69, 9.17) is 9.72 Å². The number of imidazole rings is 1. The Kier molecular flexibility index (Phi) is 6.29. The third kappa shape index (κ3) is 4.48. The number of aromatic nitrogens is 3. The number of anilines is 1. The largest absolute Gasteiger partial charge is 0.497 e. The summed E-state index contributed by atoms with van der Waals surface area (Å²) in [5.41, 5.74) is 7.22. The predicted molar refractivity (Wildman–Crippen MR) is 147 cm³/mol.